The molecule has 2 atom stereocenters. The molecule has 1 aliphatic heterocycles. The van der Waals surface area contributed by atoms with Crippen LogP contribution < -0.4 is 4.90 Å². The highest BCUT2D eigenvalue weighted by atomic mass is 16.4. The molecule has 2 rings (SSSR count). The zero-order valence-electron chi connectivity index (χ0n) is 9.37. The lowest BCUT2D eigenvalue weighted by Crippen LogP contribution is -2.24. The molecular formula is C11H12N4O2. The van der Waals surface area contributed by atoms with Gasteiger partial charge in [-0.2, -0.15) is 10.4 Å². The van der Waals surface area contributed by atoms with Crippen molar-refractivity contribution in [3.8, 4) is 6.07 Å². The Balaban J connectivity index is 2.26. The number of rotatable bonds is 2. The lowest BCUT2D eigenvalue weighted by Gasteiger charge is -2.16. The highest BCUT2D eigenvalue weighted by Gasteiger charge is 2.36. The normalized spacial score (nSPS) is 23.4. The third-order valence-corrected chi connectivity index (χ3v) is 3.05. The summed E-state index contributed by atoms with van der Waals surface area (Å²) in [6, 6.07) is 3.62. The first kappa shape index (κ1) is 11.3. The van der Waals surface area contributed by atoms with Gasteiger partial charge in [0.05, 0.1) is 17.7 Å². The maximum absolute atomic E-state index is 11.0. The van der Waals surface area contributed by atoms with Crippen LogP contribution in [0.5, 0.6) is 0 Å². The maximum Gasteiger partial charge on any atom is 0.308 e. The molecule has 1 N–H and O–H groups in total. The Bertz CT molecular complexity index is 483. The van der Waals surface area contributed by atoms with Crippen molar-refractivity contribution in [3.63, 3.8) is 0 Å². The second kappa shape index (κ2) is 4.37. The van der Waals surface area contributed by atoms with E-state index in [0.29, 0.717) is 24.5 Å². The average molecular weight is 232 g/mol. The number of hydrogen-bond donors (Lipinski definition) is 1. The summed E-state index contributed by atoms with van der Waals surface area (Å²) in [4.78, 5) is 12.8. The molecule has 1 aromatic rings. The van der Waals surface area contributed by atoms with Gasteiger partial charge in [-0.1, -0.05) is 6.92 Å². The number of nitriles is 1. The molecular weight excluding hydrogens is 220 g/mol. The van der Waals surface area contributed by atoms with Crippen LogP contribution in [-0.4, -0.2) is 34.4 Å². The van der Waals surface area contributed by atoms with Gasteiger partial charge in [-0.3, -0.25) is 4.79 Å². The zero-order chi connectivity index (χ0) is 12.4. The molecule has 0 saturated carbocycles. The van der Waals surface area contributed by atoms with E-state index in [1.54, 1.807) is 6.07 Å². The van der Waals surface area contributed by atoms with Crippen molar-refractivity contribution >= 4 is 11.8 Å². The van der Waals surface area contributed by atoms with E-state index in [4.69, 9.17) is 10.4 Å². The molecule has 0 radical (unpaired) electrons. The fraction of sp³-hybridized carbons (Fsp3) is 0.455. The first-order chi connectivity index (χ1) is 8.13. The zero-order valence-corrected chi connectivity index (χ0v) is 9.37. The maximum atomic E-state index is 11.0. The molecule has 2 heterocycles. The summed E-state index contributed by atoms with van der Waals surface area (Å²) >= 11 is 0. The molecule has 0 amide bonds. The highest BCUT2D eigenvalue weighted by Crippen LogP contribution is 2.28. The fourth-order valence-electron chi connectivity index (χ4n) is 2.11. The molecule has 88 valence electrons. The topological polar surface area (TPSA) is 90.1 Å². The van der Waals surface area contributed by atoms with Crippen molar-refractivity contribution in [2.45, 2.75) is 6.92 Å². The van der Waals surface area contributed by atoms with Crippen LogP contribution in [0.15, 0.2) is 12.3 Å². The van der Waals surface area contributed by atoms with Crippen LogP contribution >= 0.6 is 0 Å². The van der Waals surface area contributed by atoms with Gasteiger partial charge in [0.25, 0.3) is 0 Å². The Labute approximate surface area is 98.5 Å². The van der Waals surface area contributed by atoms with Gasteiger partial charge in [0, 0.05) is 13.1 Å². The lowest BCUT2D eigenvalue weighted by molar-refractivity contribution is -0.142. The van der Waals surface area contributed by atoms with E-state index in [9.17, 15) is 4.79 Å². The summed E-state index contributed by atoms with van der Waals surface area (Å²) in [6.07, 6.45) is 1.45. The molecule has 6 heteroatoms. The predicted molar refractivity (Wildman–Crippen MR) is 59.2 cm³/mol. The van der Waals surface area contributed by atoms with E-state index in [1.165, 1.54) is 6.20 Å². The van der Waals surface area contributed by atoms with Crippen LogP contribution in [0.3, 0.4) is 0 Å². The number of nitrogens with zero attached hydrogens (tertiary/aromatic N) is 4. The number of anilines is 1. The van der Waals surface area contributed by atoms with E-state index < -0.39 is 11.9 Å². The van der Waals surface area contributed by atoms with Crippen molar-refractivity contribution in [1.82, 2.24) is 10.2 Å². The Morgan fingerprint density at radius 1 is 1.65 bits per heavy atom. The van der Waals surface area contributed by atoms with E-state index in [-0.39, 0.29) is 5.92 Å². The SMILES string of the molecule is CC1CN(c2nnccc2C#N)CC1C(=O)O. The quantitative estimate of drug-likeness (QED) is 0.798. The summed E-state index contributed by atoms with van der Waals surface area (Å²) in [6.45, 7) is 2.86. The van der Waals surface area contributed by atoms with Gasteiger partial charge < -0.3 is 10.0 Å². The lowest BCUT2D eigenvalue weighted by atomic mass is 9.99. The number of carboxylic acids is 1. The van der Waals surface area contributed by atoms with Gasteiger partial charge in [-0.15, -0.1) is 5.10 Å². The Morgan fingerprint density at radius 2 is 2.41 bits per heavy atom. The Morgan fingerprint density at radius 3 is 3.00 bits per heavy atom. The number of hydrogen-bond acceptors (Lipinski definition) is 5. The van der Waals surface area contributed by atoms with Gasteiger partial charge in [0.1, 0.15) is 6.07 Å². The first-order valence-corrected chi connectivity index (χ1v) is 5.33. The van der Waals surface area contributed by atoms with Crippen molar-refractivity contribution in [3.05, 3.63) is 17.8 Å². The minimum atomic E-state index is -0.803. The molecule has 1 saturated heterocycles. The van der Waals surface area contributed by atoms with Crippen LogP contribution in [0.25, 0.3) is 0 Å². The van der Waals surface area contributed by atoms with Crippen LogP contribution in [0.4, 0.5) is 5.82 Å². The van der Waals surface area contributed by atoms with Gasteiger partial charge in [-0.25, -0.2) is 0 Å². The molecule has 1 aliphatic rings. The third-order valence-electron chi connectivity index (χ3n) is 3.05. The smallest absolute Gasteiger partial charge is 0.308 e. The minimum absolute atomic E-state index is 0.0426. The molecule has 17 heavy (non-hydrogen) atoms. The fourth-order valence-corrected chi connectivity index (χ4v) is 2.11. The monoisotopic (exact) mass is 232 g/mol. The van der Waals surface area contributed by atoms with Gasteiger partial charge in [-0.05, 0) is 12.0 Å². The predicted octanol–water partition coefficient (Wildman–Crippen LogP) is 0.505. The number of carbonyl (C=O) groups is 1. The molecule has 0 bridgehead atoms. The van der Waals surface area contributed by atoms with E-state index >= 15 is 0 Å². The Hall–Kier alpha value is -2.16. The van der Waals surface area contributed by atoms with Gasteiger partial charge >= 0.3 is 5.97 Å². The summed E-state index contributed by atoms with van der Waals surface area (Å²) in [5.41, 5.74) is 0.429. The minimum Gasteiger partial charge on any atom is -0.481 e. The molecule has 1 fully saturated rings. The molecule has 0 spiro atoms. The van der Waals surface area contributed by atoms with Crippen molar-refractivity contribution in [1.29, 1.82) is 5.26 Å². The number of aliphatic carboxylic acids is 1. The largest absolute Gasteiger partial charge is 0.481 e. The third kappa shape index (κ3) is 2.04. The second-order valence-electron chi connectivity index (χ2n) is 4.21. The summed E-state index contributed by atoms with van der Waals surface area (Å²) < 4.78 is 0. The van der Waals surface area contributed by atoms with E-state index in [0.717, 1.165) is 0 Å². The average Bonchev–Trinajstić information content (AvgIpc) is 2.71. The highest BCUT2D eigenvalue weighted by molar-refractivity contribution is 5.72. The number of aromatic nitrogens is 2. The van der Waals surface area contributed by atoms with Crippen molar-refractivity contribution in [2.75, 3.05) is 18.0 Å². The first-order valence-electron chi connectivity index (χ1n) is 5.33. The second-order valence-corrected chi connectivity index (χ2v) is 4.21. The van der Waals surface area contributed by atoms with Crippen LogP contribution in [0, 0.1) is 23.2 Å². The number of carboxylic acid groups (broad SMARTS) is 1. The van der Waals surface area contributed by atoms with Crippen molar-refractivity contribution < 1.29 is 9.90 Å². The van der Waals surface area contributed by atoms with E-state index in [2.05, 4.69) is 10.2 Å². The van der Waals surface area contributed by atoms with E-state index in [1.807, 2.05) is 17.9 Å². The molecule has 2 unspecified atom stereocenters. The van der Waals surface area contributed by atoms with Gasteiger partial charge in [0.2, 0.25) is 0 Å². The molecule has 0 aromatic carbocycles. The van der Waals surface area contributed by atoms with Crippen molar-refractivity contribution in [2.24, 2.45) is 11.8 Å². The standard InChI is InChI=1S/C11H12N4O2/c1-7-5-15(6-9(7)11(16)17)10-8(4-12)2-3-13-14-10/h2-3,7,9H,5-6H2,1H3,(H,16,17). The molecule has 6 nitrogen and oxygen atoms in total. The summed E-state index contributed by atoms with van der Waals surface area (Å²) in [7, 11) is 0. The molecule has 1 aromatic heterocycles. The summed E-state index contributed by atoms with van der Waals surface area (Å²) in [5.74, 6) is -0.697. The Kier molecular flexibility index (Phi) is 2.91. The van der Waals surface area contributed by atoms with Crippen LogP contribution in [0.1, 0.15) is 12.5 Å². The summed E-state index contributed by atoms with van der Waals surface area (Å²) in [5, 5.41) is 25.7. The van der Waals surface area contributed by atoms with Crippen LogP contribution in [-0.2, 0) is 4.79 Å². The van der Waals surface area contributed by atoms with Gasteiger partial charge in [0.15, 0.2) is 5.82 Å². The van der Waals surface area contributed by atoms with Crippen LogP contribution in [0.2, 0.25) is 0 Å². The molecule has 0 aliphatic carbocycles.